The summed E-state index contributed by atoms with van der Waals surface area (Å²) in [5.74, 6) is 0. The second-order valence-corrected chi connectivity index (χ2v) is 4.70. The van der Waals surface area contributed by atoms with E-state index in [0.717, 1.165) is 14.2 Å². The fraction of sp³-hybridized carbons (Fsp3) is 0.333. The van der Waals surface area contributed by atoms with Crippen molar-refractivity contribution >= 4 is 12.8 Å². The Hall–Kier alpha value is -0.0706. The number of hydrogen-bond donors (Lipinski definition) is 0. The summed E-state index contributed by atoms with van der Waals surface area (Å²) in [6, 6.07) is 8.58. The van der Waals surface area contributed by atoms with Crippen LogP contribution in [0.15, 0.2) is 24.3 Å². The fourth-order valence-corrected chi connectivity index (χ4v) is 2.49. The van der Waals surface area contributed by atoms with Crippen molar-refractivity contribution < 1.29 is 15.2 Å². The fourth-order valence-electron chi connectivity index (χ4n) is 1.10. The van der Waals surface area contributed by atoms with Gasteiger partial charge in [-0.05, 0) is 0 Å². The van der Waals surface area contributed by atoms with E-state index in [9.17, 15) is 0 Å². The van der Waals surface area contributed by atoms with Crippen LogP contribution in [-0.4, -0.2) is 26.6 Å². The average molecular weight is 214 g/mol. The Labute approximate surface area is 83.5 Å². The molecule has 0 aliphatic carbocycles. The van der Waals surface area contributed by atoms with Crippen LogP contribution in [0.4, 0.5) is 0 Å². The summed E-state index contributed by atoms with van der Waals surface area (Å²) in [4.78, 5) is 2.19. The van der Waals surface area contributed by atoms with E-state index in [-0.39, 0.29) is 0 Å². The molecular weight excluding hydrogens is 202 g/mol. The van der Waals surface area contributed by atoms with Crippen LogP contribution < -0.4 is 5.19 Å². The SMILES string of the molecule is CN(C)Cc1ccccc1[Si]=[Cr]. The molecule has 1 radical (unpaired) electrons. The zero-order valence-electron chi connectivity index (χ0n) is 7.37. The van der Waals surface area contributed by atoms with Crippen LogP contribution in [-0.2, 0) is 21.7 Å². The second kappa shape index (κ2) is 4.83. The van der Waals surface area contributed by atoms with Crippen LogP contribution in [0.3, 0.4) is 0 Å². The minimum atomic E-state index is 0.777. The Morgan fingerprint density at radius 1 is 1.33 bits per heavy atom. The third-order valence-electron chi connectivity index (χ3n) is 1.61. The van der Waals surface area contributed by atoms with Gasteiger partial charge in [-0.2, -0.15) is 0 Å². The molecule has 0 aliphatic heterocycles. The van der Waals surface area contributed by atoms with Gasteiger partial charge in [0.15, 0.2) is 0 Å². The van der Waals surface area contributed by atoms with Crippen LogP contribution >= 0.6 is 0 Å². The molecule has 0 heterocycles. The number of nitrogens with zero attached hydrogens (tertiary/aromatic N) is 1. The average Bonchev–Trinajstić information content (AvgIpc) is 2.04. The van der Waals surface area contributed by atoms with Crippen LogP contribution in [0.5, 0.6) is 0 Å². The molecule has 0 spiro atoms. The Morgan fingerprint density at radius 3 is 2.58 bits per heavy atom. The Morgan fingerprint density at radius 2 is 2.00 bits per heavy atom. The molecule has 0 amide bonds. The molecule has 0 saturated carbocycles. The normalized spacial score (nSPS) is 10.2. The summed E-state index contributed by atoms with van der Waals surface area (Å²) in [6.07, 6.45) is 0. The van der Waals surface area contributed by atoms with Gasteiger partial charge in [0.05, 0.1) is 0 Å². The first kappa shape index (κ1) is 10.0. The molecule has 0 N–H and O–H groups in total. The van der Waals surface area contributed by atoms with E-state index < -0.39 is 0 Å². The topological polar surface area (TPSA) is 3.24 Å². The van der Waals surface area contributed by atoms with Crippen LogP contribution in [0, 0.1) is 0 Å². The first-order valence-corrected chi connectivity index (χ1v) is 6.67. The Balaban J connectivity index is 2.89. The van der Waals surface area contributed by atoms with Crippen molar-refractivity contribution in [1.82, 2.24) is 4.90 Å². The summed E-state index contributed by atoms with van der Waals surface area (Å²) in [7, 11) is 4.97. The van der Waals surface area contributed by atoms with E-state index in [4.69, 9.17) is 0 Å². The molecular formula is C9H12CrNSi. The summed E-state index contributed by atoms with van der Waals surface area (Å²) in [6.45, 7) is 1.03. The van der Waals surface area contributed by atoms with Gasteiger partial charge >= 0.3 is 83.3 Å². The van der Waals surface area contributed by atoms with Crippen LogP contribution in [0.25, 0.3) is 0 Å². The van der Waals surface area contributed by atoms with Gasteiger partial charge in [0.1, 0.15) is 0 Å². The molecule has 1 rings (SSSR count). The van der Waals surface area contributed by atoms with Crippen molar-refractivity contribution in [3.63, 3.8) is 0 Å². The van der Waals surface area contributed by atoms with Crippen molar-refractivity contribution in [2.75, 3.05) is 14.1 Å². The second-order valence-electron chi connectivity index (χ2n) is 3.00. The van der Waals surface area contributed by atoms with Crippen LogP contribution in [0.1, 0.15) is 5.56 Å². The summed E-state index contributed by atoms with van der Waals surface area (Å²) in [5.41, 5.74) is 1.43. The van der Waals surface area contributed by atoms with E-state index in [1.807, 2.05) is 0 Å². The molecule has 1 aromatic rings. The first-order valence-electron chi connectivity index (χ1n) is 3.85. The number of benzene rings is 1. The molecule has 0 unspecified atom stereocenters. The van der Waals surface area contributed by atoms with E-state index in [1.54, 1.807) is 0 Å². The quantitative estimate of drug-likeness (QED) is 0.664. The van der Waals surface area contributed by atoms with Crippen molar-refractivity contribution in [1.29, 1.82) is 0 Å². The predicted octanol–water partition coefficient (Wildman–Crippen LogP) is 0.540. The van der Waals surface area contributed by atoms with Gasteiger partial charge in [0.2, 0.25) is 0 Å². The van der Waals surface area contributed by atoms with Gasteiger partial charge < -0.3 is 0 Å². The molecule has 0 bridgehead atoms. The Bertz CT molecular complexity index is 273. The number of hydrogen-bond acceptors (Lipinski definition) is 1. The maximum atomic E-state index is 3.08. The third kappa shape index (κ3) is 2.76. The Kier molecular flexibility index (Phi) is 4.03. The first-order chi connectivity index (χ1) is 5.74. The van der Waals surface area contributed by atoms with E-state index in [1.165, 1.54) is 10.8 Å². The molecule has 63 valence electrons. The van der Waals surface area contributed by atoms with Gasteiger partial charge in [0, 0.05) is 0 Å². The maximum absolute atomic E-state index is 3.08. The monoisotopic (exact) mass is 214 g/mol. The van der Waals surface area contributed by atoms with E-state index in [2.05, 4.69) is 58.4 Å². The molecule has 0 atom stereocenters. The van der Waals surface area contributed by atoms with Gasteiger partial charge in [-0.15, -0.1) is 0 Å². The van der Waals surface area contributed by atoms with Gasteiger partial charge in [0.25, 0.3) is 0 Å². The molecule has 3 heteroatoms. The molecule has 12 heavy (non-hydrogen) atoms. The zero-order chi connectivity index (χ0) is 8.97. The summed E-state index contributed by atoms with van der Waals surface area (Å²) < 4.78 is 0. The summed E-state index contributed by atoms with van der Waals surface area (Å²) in [5, 5.41) is 1.44. The van der Waals surface area contributed by atoms with Gasteiger partial charge in [-0.1, -0.05) is 0 Å². The van der Waals surface area contributed by atoms with E-state index in [0.29, 0.717) is 0 Å². The molecule has 0 saturated heterocycles. The standard InChI is InChI=1S/C9H12NSi.Cr/c1-10(2)7-8-5-3-4-6-9(8)11;/h3-6H,7H2,1-2H3;. The molecule has 1 nitrogen and oxygen atoms in total. The van der Waals surface area contributed by atoms with Crippen LogP contribution in [0.2, 0.25) is 0 Å². The van der Waals surface area contributed by atoms with Crippen molar-refractivity contribution in [3.05, 3.63) is 29.8 Å². The minimum absolute atomic E-state index is 0.777. The van der Waals surface area contributed by atoms with Crippen molar-refractivity contribution in [3.8, 4) is 0 Å². The van der Waals surface area contributed by atoms with Crippen molar-refractivity contribution in [2.45, 2.75) is 6.54 Å². The molecule has 0 aliphatic rings. The van der Waals surface area contributed by atoms with Crippen molar-refractivity contribution in [2.24, 2.45) is 0 Å². The van der Waals surface area contributed by atoms with Gasteiger partial charge in [-0.25, -0.2) is 0 Å². The molecule has 1 aromatic carbocycles. The summed E-state index contributed by atoms with van der Waals surface area (Å²) >= 11 is 3.08. The molecule has 0 fully saturated rings. The van der Waals surface area contributed by atoms with E-state index >= 15 is 0 Å². The van der Waals surface area contributed by atoms with Gasteiger partial charge in [-0.3, -0.25) is 0 Å². The third-order valence-corrected chi connectivity index (χ3v) is 3.35. The number of rotatable bonds is 3. The predicted molar refractivity (Wildman–Crippen MR) is 49.2 cm³/mol. The zero-order valence-corrected chi connectivity index (χ0v) is 9.65. The molecule has 0 aromatic heterocycles.